The van der Waals surface area contributed by atoms with E-state index in [-0.39, 0.29) is 11.8 Å². The maximum Gasteiger partial charge on any atom is 0.224 e. The maximum absolute atomic E-state index is 12.9. The fourth-order valence-corrected chi connectivity index (χ4v) is 3.23. The highest BCUT2D eigenvalue weighted by Crippen LogP contribution is 2.17. The summed E-state index contributed by atoms with van der Waals surface area (Å²) in [7, 11) is 0. The van der Waals surface area contributed by atoms with Gasteiger partial charge in [0.25, 0.3) is 0 Å². The summed E-state index contributed by atoms with van der Waals surface area (Å²) in [5, 5.41) is 2.85. The Hall–Kier alpha value is -3.21. The number of aryl methyl sites for hydroxylation is 1. The molecule has 1 amide bonds. The minimum Gasteiger partial charge on any atom is -0.351 e. The molecule has 1 aromatic heterocycles. The molecule has 0 bridgehead atoms. The van der Waals surface area contributed by atoms with Crippen molar-refractivity contribution in [1.29, 1.82) is 0 Å². The van der Waals surface area contributed by atoms with Gasteiger partial charge in [0.05, 0.1) is 12.0 Å². The number of carbonyl (C=O) groups excluding carboxylic acids is 2. The quantitative estimate of drug-likeness (QED) is 0.573. The third kappa shape index (κ3) is 5.91. The maximum atomic E-state index is 12.9. The van der Waals surface area contributed by atoms with E-state index >= 15 is 0 Å². The van der Waals surface area contributed by atoms with Crippen LogP contribution in [-0.4, -0.2) is 28.2 Å². The zero-order chi connectivity index (χ0) is 19.6. The molecule has 5 heteroatoms. The van der Waals surface area contributed by atoms with Crippen LogP contribution < -0.4 is 5.32 Å². The first-order chi connectivity index (χ1) is 13.7. The first-order valence-corrected chi connectivity index (χ1v) is 9.48. The van der Waals surface area contributed by atoms with Crippen molar-refractivity contribution in [3.63, 3.8) is 0 Å². The highest BCUT2D eigenvalue weighted by molar-refractivity contribution is 5.82. The van der Waals surface area contributed by atoms with E-state index in [1.165, 1.54) is 5.56 Å². The topological polar surface area (TPSA) is 74.8 Å². The summed E-state index contributed by atoms with van der Waals surface area (Å²) in [5.41, 5.74) is 3.02. The largest absolute Gasteiger partial charge is 0.351 e. The fraction of sp³-hybridized carbons (Fsp3) is 0.261. The van der Waals surface area contributed by atoms with Gasteiger partial charge in [0, 0.05) is 18.5 Å². The number of amides is 1. The van der Waals surface area contributed by atoms with Crippen molar-refractivity contribution < 1.29 is 9.59 Å². The van der Waals surface area contributed by atoms with Crippen LogP contribution in [0.3, 0.4) is 0 Å². The molecule has 0 saturated heterocycles. The Morgan fingerprint density at radius 2 is 1.68 bits per heavy atom. The van der Waals surface area contributed by atoms with E-state index in [4.69, 9.17) is 0 Å². The standard InChI is InChI=1S/C23H24N3O2/c27-16-22(14-21-15-24-17-25-21)26-23(28)20(13-19-9-5-2-6-10-19)12-11-18-7-3-1-4-8-18/h1-10,15,17,20,22H,11-14H2,(H,24,25)(H,26,28)/t20?,22-/m0/s1. The molecular formula is C23H24N3O2. The molecule has 2 atom stereocenters. The van der Waals surface area contributed by atoms with E-state index < -0.39 is 6.04 Å². The van der Waals surface area contributed by atoms with Crippen molar-refractivity contribution in [3.8, 4) is 0 Å². The fourth-order valence-electron chi connectivity index (χ4n) is 3.23. The van der Waals surface area contributed by atoms with Crippen molar-refractivity contribution in [1.82, 2.24) is 15.3 Å². The molecule has 0 aliphatic rings. The lowest BCUT2D eigenvalue weighted by Gasteiger charge is -2.19. The molecule has 3 rings (SSSR count). The highest BCUT2D eigenvalue weighted by atomic mass is 16.2. The van der Waals surface area contributed by atoms with E-state index in [2.05, 4.69) is 27.4 Å². The van der Waals surface area contributed by atoms with Crippen LogP contribution in [0.25, 0.3) is 0 Å². The molecule has 5 nitrogen and oxygen atoms in total. The molecule has 1 radical (unpaired) electrons. The highest BCUT2D eigenvalue weighted by Gasteiger charge is 2.22. The third-order valence-electron chi connectivity index (χ3n) is 4.75. The molecule has 2 N–H and O–H groups in total. The van der Waals surface area contributed by atoms with Crippen LogP contribution in [0, 0.1) is 5.92 Å². The van der Waals surface area contributed by atoms with Crippen LogP contribution in [0.4, 0.5) is 0 Å². The third-order valence-corrected chi connectivity index (χ3v) is 4.75. The van der Waals surface area contributed by atoms with Crippen molar-refractivity contribution in [2.75, 3.05) is 0 Å². The normalized spacial score (nSPS) is 12.9. The van der Waals surface area contributed by atoms with Crippen LogP contribution >= 0.6 is 0 Å². The number of carbonyl (C=O) groups is 1. The number of hydrogen-bond acceptors (Lipinski definition) is 3. The number of aromatic amines is 1. The summed E-state index contributed by atoms with van der Waals surface area (Å²) < 4.78 is 0. The van der Waals surface area contributed by atoms with Gasteiger partial charge in [-0.15, -0.1) is 0 Å². The SMILES string of the molecule is O=[C][C@H](Cc1c[nH]cn1)NC(=O)C(CCc1ccccc1)Cc1ccccc1. The number of aromatic nitrogens is 2. The Balaban J connectivity index is 1.66. The summed E-state index contributed by atoms with van der Waals surface area (Å²) in [6.45, 7) is 0. The second kappa shape index (κ2) is 10.2. The number of benzene rings is 2. The first-order valence-electron chi connectivity index (χ1n) is 9.48. The van der Waals surface area contributed by atoms with E-state index in [1.807, 2.05) is 54.8 Å². The second-order valence-electron chi connectivity index (χ2n) is 6.85. The summed E-state index contributed by atoms with van der Waals surface area (Å²) >= 11 is 0. The molecule has 1 unspecified atom stereocenters. The van der Waals surface area contributed by atoms with Gasteiger partial charge in [-0.1, -0.05) is 60.7 Å². The van der Waals surface area contributed by atoms with Crippen LogP contribution in [0.5, 0.6) is 0 Å². The molecular weight excluding hydrogens is 350 g/mol. The Kier molecular flexibility index (Phi) is 7.13. The van der Waals surface area contributed by atoms with E-state index in [1.54, 1.807) is 12.5 Å². The molecule has 2 aromatic carbocycles. The van der Waals surface area contributed by atoms with Gasteiger partial charge in [0.2, 0.25) is 12.2 Å². The van der Waals surface area contributed by atoms with Gasteiger partial charge in [-0.2, -0.15) is 0 Å². The van der Waals surface area contributed by atoms with Crippen LogP contribution in [-0.2, 0) is 28.9 Å². The van der Waals surface area contributed by atoms with Crippen LogP contribution in [0.1, 0.15) is 23.2 Å². The summed E-state index contributed by atoms with van der Waals surface area (Å²) in [4.78, 5) is 31.3. The van der Waals surface area contributed by atoms with Crippen molar-refractivity contribution >= 4 is 12.2 Å². The van der Waals surface area contributed by atoms with Gasteiger partial charge in [0.1, 0.15) is 6.04 Å². The number of H-pyrrole nitrogens is 1. The number of imidazole rings is 1. The Labute approximate surface area is 165 Å². The average molecular weight is 374 g/mol. The molecule has 1 heterocycles. The number of hydrogen-bond donors (Lipinski definition) is 2. The molecule has 143 valence electrons. The molecule has 0 spiro atoms. The van der Waals surface area contributed by atoms with Crippen molar-refractivity contribution in [3.05, 3.63) is 90.0 Å². The van der Waals surface area contributed by atoms with E-state index in [0.717, 1.165) is 17.7 Å². The van der Waals surface area contributed by atoms with Crippen molar-refractivity contribution in [2.24, 2.45) is 5.92 Å². The van der Waals surface area contributed by atoms with E-state index in [9.17, 15) is 9.59 Å². The predicted octanol–water partition coefficient (Wildman–Crippen LogP) is 3.04. The van der Waals surface area contributed by atoms with Gasteiger partial charge in [-0.05, 0) is 30.4 Å². The zero-order valence-corrected chi connectivity index (χ0v) is 15.7. The lowest BCUT2D eigenvalue weighted by molar-refractivity contribution is -0.125. The monoisotopic (exact) mass is 374 g/mol. The van der Waals surface area contributed by atoms with Gasteiger partial charge < -0.3 is 10.3 Å². The molecule has 3 aromatic rings. The van der Waals surface area contributed by atoms with Gasteiger partial charge in [-0.3, -0.25) is 9.59 Å². The number of nitrogens with zero attached hydrogens (tertiary/aromatic N) is 1. The summed E-state index contributed by atoms with van der Waals surface area (Å²) in [5.74, 6) is -0.346. The summed E-state index contributed by atoms with van der Waals surface area (Å²) in [6.07, 6.45) is 7.67. The zero-order valence-electron chi connectivity index (χ0n) is 15.7. The van der Waals surface area contributed by atoms with E-state index in [0.29, 0.717) is 19.3 Å². The van der Waals surface area contributed by atoms with Gasteiger partial charge in [-0.25, -0.2) is 4.98 Å². The van der Waals surface area contributed by atoms with Crippen LogP contribution in [0.2, 0.25) is 0 Å². The average Bonchev–Trinajstić information content (AvgIpc) is 3.25. The number of rotatable bonds is 10. The first kappa shape index (κ1) is 19.5. The number of nitrogens with one attached hydrogen (secondary N) is 2. The smallest absolute Gasteiger partial charge is 0.224 e. The molecule has 28 heavy (non-hydrogen) atoms. The molecule has 0 fully saturated rings. The van der Waals surface area contributed by atoms with Gasteiger partial charge in [0.15, 0.2) is 0 Å². The Morgan fingerprint density at radius 3 is 2.29 bits per heavy atom. The second-order valence-corrected chi connectivity index (χ2v) is 6.85. The molecule has 0 saturated carbocycles. The Morgan fingerprint density at radius 1 is 1.00 bits per heavy atom. The minimum absolute atomic E-state index is 0.122. The Bertz CT molecular complexity index is 848. The predicted molar refractivity (Wildman–Crippen MR) is 108 cm³/mol. The lowest BCUT2D eigenvalue weighted by Crippen LogP contribution is -2.42. The minimum atomic E-state index is -0.703. The van der Waals surface area contributed by atoms with Crippen LogP contribution in [0.15, 0.2) is 73.2 Å². The molecule has 0 aliphatic carbocycles. The van der Waals surface area contributed by atoms with Crippen molar-refractivity contribution in [2.45, 2.75) is 31.7 Å². The molecule has 0 aliphatic heterocycles. The summed E-state index contributed by atoms with van der Waals surface area (Å²) in [6, 6.07) is 19.4. The van der Waals surface area contributed by atoms with Gasteiger partial charge >= 0.3 is 0 Å². The lowest BCUT2D eigenvalue weighted by atomic mass is 9.91.